The van der Waals surface area contributed by atoms with Crippen LogP contribution in [-0.2, 0) is 27.4 Å². The summed E-state index contributed by atoms with van der Waals surface area (Å²) in [4.78, 5) is 15.3. The largest absolute Gasteiger partial charge is 0.335 e. The SMILES string of the molecule is C[C@H]1c2cccc(S(C)(=O)=NC#N)c2CCN1C(=O)Cc1c(Cl)cccc1Cl. The molecule has 0 saturated heterocycles. The highest BCUT2D eigenvalue weighted by Crippen LogP contribution is 2.35. The van der Waals surface area contributed by atoms with Crippen molar-refractivity contribution in [2.45, 2.75) is 30.7 Å². The van der Waals surface area contributed by atoms with E-state index in [1.165, 1.54) is 6.26 Å². The molecule has 0 spiro atoms. The molecule has 2 aromatic carbocycles. The van der Waals surface area contributed by atoms with Gasteiger partial charge in [-0.3, -0.25) is 4.79 Å². The molecule has 28 heavy (non-hydrogen) atoms. The molecule has 0 aliphatic carbocycles. The van der Waals surface area contributed by atoms with Crippen LogP contribution >= 0.6 is 23.2 Å². The third-order valence-electron chi connectivity index (χ3n) is 5.02. The first kappa shape index (κ1) is 20.7. The number of amides is 1. The zero-order valence-corrected chi connectivity index (χ0v) is 17.8. The number of carbonyl (C=O) groups is 1. The number of rotatable bonds is 3. The van der Waals surface area contributed by atoms with E-state index in [1.54, 1.807) is 41.4 Å². The highest BCUT2D eigenvalue weighted by molar-refractivity contribution is 7.93. The highest BCUT2D eigenvalue weighted by atomic mass is 35.5. The molecule has 0 radical (unpaired) electrons. The number of nitrogens with zero attached hydrogens (tertiary/aromatic N) is 3. The third kappa shape index (κ3) is 3.88. The summed E-state index contributed by atoms with van der Waals surface area (Å²) in [6, 6.07) is 10.4. The Morgan fingerprint density at radius 3 is 2.57 bits per heavy atom. The fraction of sp³-hybridized carbons (Fsp3) is 0.300. The topological polar surface area (TPSA) is 73.5 Å². The van der Waals surface area contributed by atoms with E-state index in [9.17, 15) is 9.00 Å². The maximum atomic E-state index is 13.0. The standard InChI is InChI=1S/C20H19Cl2N3O2S/c1-13-14-5-3-8-19(28(2,27)24-12-23)15(14)9-10-25(13)20(26)11-16-17(21)6-4-7-18(16)22/h3-8,13H,9-11H2,1-2H3/t13-,28?/m0/s1. The smallest absolute Gasteiger partial charge is 0.227 e. The van der Waals surface area contributed by atoms with Gasteiger partial charge in [0, 0.05) is 22.8 Å². The fourth-order valence-electron chi connectivity index (χ4n) is 3.61. The van der Waals surface area contributed by atoms with Gasteiger partial charge in [0.25, 0.3) is 0 Å². The number of carbonyl (C=O) groups excluding carboxylic acids is 1. The molecular formula is C20H19Cl2N3O2S. The van der Waals surface area contributed by atoms with Gasteiger partial charge in [0.1, 0.15) is 0 Å². The van der Waals surface area contributed by atoms with Crippen LogP contribution < -0.4 is 0 Å². The van der Waals surface area contributed by atoms with Crippen molar-refractivity contribution in [2.24, 2.45) is 4.36 Å². The maximum absolute atomic E-state index is 13.0. The molecule has 0 N–H and O–H groups in total. The lowest BCUT2D eigenvalue weighted by molar-refractivity contribution is -0.133. The number of nitriles is 1. The second kappa shape index (κ2) is 8.12. The number of hydrogen-bond acceptors (Lipinski definition) is 4. The van der Waals surface area contributed by atoms with Crippen molar-refractivity contribution in [3.8, 4) is 6.19 Å². The van der Waals surface area contributed by atoms with Gasteiger partial charge in [0.15, 0.2) is 0 Å². The molecule has 8 heteroatoms. The molecule has 1 heterocycles. The minimum Gasteiger partial charge on any atom is -0.335 e. The quantitative estimate of drug-likeness (QED) is 0.659. The summed E-state index contributed by atoms with van der Waals surface area (Å²) < 4.78 is 16.4. The van der Waals surface area contributed by atoms with Gasteiger partial charge >= 0.3 is 0 Å². The fourth-order valence-corrected chi connectivity index (χ4v) is 5.41. The molecule has 0 bridgehead atoms. The molecule has 0 aromatic heterocycles. The summed E-state index contributed by atoms with van der Waals surface area (Å²) >= 11 is 12.4. The lowest BCUT2D eigenvalue weighted by Crippen LogP contribution is -2.40. The van der Waals surface area contributed by atoms with Crippen molar-refractivity contribution >= 4 is 38.8 Å². The van der Waals surface area contributed by atoms with E-state index in [-0.39, 0.29) is 18.4 Å². The van der Waals surface area contributed by atoms with Crippen LogP contribution in [0.2, 0.25) is 10.0 Å². The van der Waals surface area contributed by atoms with Gasteiger partial charge in [-0.25, -0.2) is 4.21 Å². The van der Waals surface area contributed by atoms with Crippen LogP contribution in [-0.4, -0.2) is 27.8 Å². The number of halogens is 2. The van der Waals surface area contributed by atoms with Gasteiger partial charge in [0.2, 0.25) is 12.1 Å². The van der Waals surface area contributed by atoms with E-state index >= 15 is 0 Å². The van der Waals surface area contributed by atoms with E-state index in [0.717, 1.165) is 11.1 Å². The normalized spacial score (nSPS) is 18.0. The molecule has 0 saturated carbocycles. The van der Waals surface area contributed by atoms with E-state index < -0.39 is 9.73 Å². The first-order valence-electron chi connectivity index (χ1n) is 8.70. The highest BCUT2D eigenvalue weighted by Gasteiger charge is 2.30. The van der Waals surface area contributed by atoms with Crippen LogP contribution in [0, 0.1) is 11.5 Å². The maximum Gasteiger partial charge on any atom is 0.227 e. The Kier molecular flexibility index (Phi) is 5.99. The van der Waals surface area contributed by atoms with Gasteiger partial charge < -0.3 is 4.90 Å². The van der Waals surface area contributed by atoms with Crippen LogP contribution in [0.25, 0.3) is 0 Å². The Balaban J connectivity index is 1.93. The summed E-state index contributed by atoms with van der Waals surface area (Å²) in [6.07, 6.45) is 3.78. The lowest BCUT2D eigenvalue weighted by Gasteiger charge is -2.36. The van der Waals surface area contributed by atoms with Gasteiger partial charge in [-0.1, -0.05) is 41.4 Å². The van der Waals surface area contributed by atoms with Crippen molar-refractivity contribution in [1.82, 2.24) is 4.90 Å². The predicted molar refractivity (Wildman–Crippen MR) is 111 cm³/mol. The van der Waals surface area contributed by atoms with Crippen LogP contribution in [0.1, 0.15) is 29.7 Å². The number of benzene rings is 2. The lowest BCUT2D eigenvalue weighted by atomic mass is 9.93. The molecule has 1 unspecified atom stereocenters. The van der Waals surface area contributed by atoms with E-state index in [2.05, 4.69) is 4.36 Å². The van der Waals surface area contributed by atoms with Crippen molar-refractivity contribution in [1.29, 1.82) is 5.26 Å². The minimum absolute atomic E-state index is 0.0718. The predicted octanol–water partition coefficient (Wildman–Crippen LogP) is 4.62. The average Bonchev–Trinajstić information content (AvgIpc) is 2.64. The zero-order valence-electron chi connectivity index (χ0n) is 15.5. The monoisotopic (exact) mass is 435 g/mol. The summed E-state index contributed by atoms with van der Waals surface area (Å²) in [6.45, 7) is 2.42. The molecule has 2 aromatic rings. The van der Waals surface area contributed by atoms with E-state index in [0.29, 0.717) is 33.5 Å². The molecular weight excluding hydrogens is 417 g/mol. The molecule has 0 fully saturated rings. The van der Waals surface area contributed by atoms with Crippen molar-refractivity contribution in [3.63, 3.8) is 0 Å². The Morgan fingerprint density at radius 1 is 1.29 bits per heavy atom. The molecule has 5 nitrogen and oxygen atoms in total. The first-order chi connectivity index (χ1) is 13.3. The molecule has 3 rings (SSSR count). The van der Waals surface area contributed by atoms with Crippen molar-refractivity contribution in [3.05, 3.63) is 63.1 Å². The van der Waals surface area contributed by atoms with Crippen LogP contribution in [0.4, 0.5) is 0 Å². The number of fused-ring (bicyclic) bond motifs is 1. The molecule has 1 amide bonds. The second-order valence-corrected chi connectivity index (χ2v) is 9.75. The minimum atomic E-state index is -2.80. The van der Waals surface area contributed by atoms with E-state index in [4.69, 9.17) is 28.5 Å². The van der Waals surface area contributed by atoms with Gasteiger partial charge in [0.05, 0.1) is 27.1 Å². The van der Waals surface area contributed by atoms with Gasteiger partial charge in [-0.2, -0.15) is 5.26 Å². The molecule has 146 valence electrons. The Morgan fingerprint density at radius 2 is 1.93 bits per heavy atom. The van der Waals surface area contributed by atoms with Crippen molar-refractivity contribution in [2.75, 3.05) is 12.8 Å². The summed E-state index contributed by atoms with van der Waals surface area (Å²) in [5.74, 6) is -0.0718. The zero-order chi connectivity index (χ0) is 20.5. The Bertz CT molecular complexity index is 1080. The average molecular weight is 436 g/mol. The molecule has 2 atom stereocenters. The first-order valence-corrected chi connectivity index (χ1v) is 11.4. The Hall–Kier alpha value is -2.07. The molecule has 1 aliphatic rings. The van der Waals surface area contributed by atoms with Crippen LogP contribution in [0.3, 0.4) is 0 Å². The number of hydrogen-bond donors (Lipinski definition) is 0. The van der Waals surface area contributed by atoms with Gasteiger partial charge in [-0.15, -0.1) is 4.36 Å². The second-order valence-electron chi connectivity index (χ2n) is 6.71. The van der Waals surface area contributed by atoms with E-state index in [1.807, 2.05) is 13.0 Å². The molecule has 1 aliphatic heterocycles. The van der Waals surface area contributed by atoms with Crippen molar-refractivity contribution < 1.29 is 9.00 Å². The van der Waals surface area contributed by atoms with Crippen LogP contribution in [0.15, 0.2) is 45.7 Å². The third-order valence-corrected chi connectivity index (χ3v) is 7.36. The van der Waals surface area contributed by atoms with Gasteiger partial charge in [-0.05, 0) is 48.2 Å². The summed E-state index contributed by atoms with van der Waals surface area (Å²) in [5, 5.41) is 9.79. The van der Waals surface area contributed by atoms with Crippen LogP contribution in [0.5, 0.6) is 0 Å². The Labute approximate surface area is 175 Å². The summed E-state index contributed by atoms with van der Waals surface area (Å²) in [5.41, 5.74) is 2.44. The summed E-state index contributed by atoms with van der Waals surface area (Å²) in [7, 11) is -2.80.